The molecule has 1 aliphatic heterocycles. The molecule has 0 unspecified atom stereocenters. The van der Waals surface area contributed by atoms with Gasteiger partial charge in [0.1, 0.15) is 0 Å². The van der Waals surface area contributed by atoms with Crippen molar-refractivity contribution < 1.29 is 24.9 Å². The van der Waals surface area contributed by atoms with Gasteiger partial charge in [-0.05, 0) is 33.7 Å². The van der Waals surface area contributed by atoms with Crippen LogP contribution in [-0.4, -0.2) is 63.2 Å². The standard InChI is InChI=1S/C10H20N2O3.CH3NO2/c1-10(2,3)12(9(14)15)7-4-5-11-6-8(7)13;2-1(3)4/h7-8,11,13H,4-6H2,1-3H3,(H,14,15);2H2,(H,3,4)/t7-,8+;/m0./s1. The van der Waals surface area contributed by atoms with Gasteiger partial charge in [0.25, 0.3) is 0 Å². The summed E-state index contributed by atoms with van der Waals surface area (Å²) in [5.74, 6) is 0. The normalized spacial score (nSPS) is 22.9. The van der Waals surface area contributed by atoms with Crippen molar-refractivity contribution in [3.63, 3.8) is 0 Å². The molecule has 0 saturated carbocycles. The number of primary amides is 1. The highest BCUT2D eigenvalue weighted by atomic mass is 16.4. The monoisotopic (exact) mass is 277 g/mol. The second kappa shape index (κ2) is 7.15. The summed E-state index contributed by atoms with van der Waals surface area (Å²) in [6.07, 6.45) is -2.26. The molecule has 1 heterocycles. The van der Waals surface area contributed by atoms with Crippen LogP contribution in [0.3, 0.4) is 0 Å². The van der Waals surface area contributed by atoms with Gasteiger partial charge in [-0.15, -0.1) is 0 Å². The van der Waals surface area contributed by atoms with Gasteiger partial charge in [0.15, 0.2) is 0 Å². The van der Waals surface area contributed by atoms with Crippen LogP contribution in [0, 0.1) is 0 Å². The third-order valence-corrected chi connectivity index (χ3v) is 2.67. The number of aliphatic hydroxyl groups excluding tert-OH is 1. The maximum absolute atomic E-state index is 11.2. The molecule has 0 aliphatic carbocycles. The lowest BCUT2D eigenvalue weighted by Crippen LogP contribution is -2.60. The quantitative estimate of drug-likeness (QED) is 0.461. The molecule has 0 aromatic rings. The molecule has 1 fully saturated rings. The first-order valence-electron chi connectivity index (χ1n) is 5.96. The number of nitrogens with two attached hydrogens (primary N) is 1. The minimum Gasteiger partial charge on any atom is -0.465 e. The van der Waals surface area contributed by atoms with E-state index in [0.717, 1.165) is 6.54 Å². The Morgan fingerprint density at radius 2 is 1.79 bits per heavy atom. The van der Waals surface area contributed by atoms with Crippen molar-refractivity contribution in [1.29, 1.82) is 0 Å². The molecule has 0 radical (unpaired) electrons. The van der Waals surface area contributed by atoms with Crippen molar-refractivity contribution in [2.24, 2.45) is 5.73 Å². The molecule has 0 aromatic heterocycles. The summed E-state index contributed by atoms with van der Waals surface area (Å²) >= 11 is 0. The van der Waals surface area contributed by atoms with E-state index in [9.17, 15) is 15.0 Å². The van der Waals surface area contributed by atoms with Gasteiger partial charge >= 0.3 is 12.2 Å². The number of carboxylic acid groups (broad SMARTS) is 2. The van der Waals surface area contributed by atoms with Crippen molar-refractivity contribution in [3.8, 4) is 0 Å². The second-order valence-electron chi connectivity index (χ2n) is 5.29. The third kappa shape index (κ3) is 6.25. The van der Waals surface area contributed by atoms with Gasteiger partial charge in [-0.2, -0.15) is 0 Å². The van der Waals surface area contributed by atoms with Gasteiger partial charge in [0.05, 0.1) is 12.1 Å². The van der Waals surface area contributed by atoms with E-state index in [1.54, 1.807) is 0 Å². The Morgan fingerprint density at radius 1 is 1.32 bits per heavy atom. The van der Waals surface area contributed by atoms with E-state index in [0.29, 0.717) is 13.0 Å². The Labute approximate surface area is 112 Å². The van der Waals surface area contributed by atoms with Crippen molar-refractivity contribution in [1.82, 2.24) is 10.2 Å². The highest BCUT2D eigenvalue weighted by Crippen LogP contribution is 2.22. The van der Waals surface area contributed by atoms with E-state index in [4.69, 9.17) is 9.90 Å². The zero-order chi connectivity index (χ0) is 15.2. The second-order valence-corrected chi connectivity index (χ2v) is 5.29. The number of carbonyl (C=O) groups is 2. The number of aliphatic hydroxyl groups is 1. The molecular formula is C11H23N3O5. The highest BCUT2D eigenvalue weighted by molar-refractivity contribution is 5.66. The maximum Gasteiger partial charge on any atom is 0.408 e. The molecule has 0 aromatic carbocycles. The fourth-order valence-corrected chi connectivity index (χ4v) is 2.06. The fourth-order valence-electron chi connectivity index (χ4n) is 2.06. The van der Waals surface area contributed by atoms with Crippen molar-refractivity contribution >= 4 is 12.2 Å². The minimum absolute atomic E-state index is 0.302. The number of nitrogens with one attached hydrogen (secondary N) is 1. The molecule has 2 amide bonds. The zero-order valence-electron chi connectivity index (χ0n) is 11.5. The minimum atomic E-state index is -1.33. The summed E-state index contributed by atoms with van der Waals surface area (Å²) in [5.41, 5.74) is 3.55. The molecule has 1 saturated heterocycles. The summed E-state index contributed by atoms with van der Waals surface area (Å²) in [5, 5.41) is 29.2. The Hall–Kier alpha value is -1.54. The summed E-state index contributed by atoms with van der Waals surface area (Å²) in [6.45, 7) is 6.74. The molecule has 2 atom stereocenters. The van der Waals surface area contributed by atoms with Crippen LogP contribution in [-0.2, 0) is 0 Å². The van der Waals surface area contributed by atoms with Crippen LogP contribution >= 0.6 is 0 Å². The number of hydrogen-bond acceptors (Lipinski definition) is 4. The largest absolute Gasteiger partial charge is 0.465 e. The molecule has 8 nitrogen and oxygen atoms in total. The smallest absolute Gasteiger partial charge is 0.408 e. The summed E-state index contributed by atoms with van der Waals surface area (Å²) in [4.78, 5) is 21.3. The van der Waals surface area contributed by atoms with E-state index >= 15 is 0 Å². The lowest BCUT2D eigenvalue weighted by atomic mass is 9.96. The fraction of sp³-hybridized carbons (Fsp3) is 0.818. The average Bonchev–Trinajstić information content (AvgIpc) is 2.17. The Morgan fingerprint density at radius 3 is 2.11 bits per heavy atom. The molecule has 19 heavy (non-hydrogen) atoms. The van der Waals surface area contributed by atoms with Crippen LogP contribution in [0.15, 0.2) is 0 Å². The number of β-amino-alcohol motifs (C(OH)–C–C–N with tert-alkyl or cyclic N) is 1. The molecule has 1 aliphatic rings. The number of amides is 2. The van der Waals surface area contributed by atoms with E-state index in [2.05, 4.69) is 11.1 Å². The lowest BCUT2D eigenvalue weighted by Gasteiger charge is -2.43. The van der Waals surface area contributed by atoms with Gasteiger partial charge in [-0.3, -0.25) is 4.90 Å². The molecular weight excluding hydrogens is 254 g/mol. The number of nitrogens with zero attached hydrogens (tertiary/aromatic N) is 1. The number of hydrogen-bond donors (Lipinski definition) is 5. The van der Waals surface area contributed by atoms with Gasteiger partial charge in [0.2, 0.25) is 0 Å². The van der Waals surface area contributed by atoms with Gasteiger partial charge in [-0.25, -0.2) is 9.59 Å². The van der Waals surface area contributed by atoms with Crippen LogP contribution in [0.5, 0.6) is 0 Å². The summed E-state index contributed by atoms with van der Waals surface area (Å²) in [6, 6.07) is -0.302. The average molecular weight is 277 g/mol. The number of piperidine rings is 1. The summed E-state index contributed by atoms with van der Waals surface area (Å²) in [7, 11) is 0. The van der Waals surface area contributed by atoms with E-state index in [1.807, 2.05) is 20.8 Å². The topological polar surface area (TPSA) is 136 Å². The molecule has 6 N–H and O–H groups in total. The molecule has 8 heteroatoms. The SMILES string of the molecule is CC(C)(C)N(C(=O)O)[C@H]1CCNC[C@H]1O.NC(=O)O. The first-order valence-corrected chi connectivity index (χ1v) is 5.96. The lowest BCUT2D eigenvalue weighted by molar-refractivity contribution is -0.00589. The third-order valence-electron chi connectivity index (χ3n) is 2.67. The molecule has 0 spiro atoms. The van der Waals surface area contributed by atoms with E-state index in [1.165, 1.54) is 4.90 Å². The van der Waals surface area contributed by atoms with Crippen molar-refractivity contribution in [2.45, 2.75) is 44.9 Å². The molecule has 112 valence electrons. The predicted molar refractivity (Wildman–Crippen MR) is 69.1 cm³/mol. The van der Waals surface area contributed by atoms with Crippen LogP contribution in [0.2, 0.25) is 0 Å². The predicted octanol–water partition coefficient (Wildman–Crippen LogP) is 0.111. The van der Waals surface area contributed by atoms with Gasteiger partial charge in [0, 0.05) is 12.1 Å². The zero-order valence-corrected chi connectivity index (χ0v) is 11.5. The van der Waals surface area contributed by atoms with E-state index < -0.39 is 23.8 Å². The van der Waals surface area contributed by atoms with Crippen molar-refractivity contribution in [2.75, 3.05) is 13.1 Å². The highest BCUT2D eigenvalue weighted by Gasteiger charge is 2.38. The van der Waals surface area contributed by atoms with Crippen LogP contribution in [0.1, 0.15) is 27.2 Å². The first kappa shape index (κ1) is 17.5. The van der Waals surface area contributed by atoms with Crippen LogP contribution in [0.25, 0.3) is 0 Å². The van der Waals surface area contributed by atoms with Gasteiger partial charge < -0.3 is 26.4 Å². The summed E-state index contributed by atoms with van der Waals surface area (Å²) < 4.78 is 0. The molecule has 0 bridgehead atoms. The maximum atomic E-state index is 11.2. The molecule has 1 rings (SSSR count). The Kier molecular flexibility index (Phi) is 6.57. The van der Waals surface area contributed by atoms with Gasteiger partial charge in [-0.1, -0.05) is 0 Å². The first-order chi connectivity index (χ1) is 8.57. The van der Waals surface area contributed by atoms with E-state index in [-0.39, 0.29) is 6.04 Å². The van der Waals surface area contributed by atoms with Crippen LogP contribution in [0.4, 0.5) is 9.59 Å². The van der Waals surface area contributed by atoms with Crippen LogP contribution < -0.4 is 11.1 Å². The Balaban J connectivity index is 0.000000711. The van der Waals surface area contributed by atoms with Crippen molar-refractivity contribution in [3.05, 3.63) is 0 Å². The number of rotatable bonds is 1. The Bertz CT molecular complexity index is 312.